The van der Waals surface area contributed by atoms with Crippen molar-refractivity contribution in [1.29, 1.82) is 0 Å². The van der Waals surface area contributed by atoms with E-state index in [1.54, 1.807) is 0 Å². The summed E-state index contributed by atoms with van der Waals surface area (Å²) in [7, 11) is 6.36. The first-order valence-corrected chi connectivity index (χ1v) is 16.0. The van der Waals surface area contributed by atoms with Crippen LogP contribution in [0, 0.1) is 0 Å². The lowest BCUT2D eigenvalue weighted by Crippen LogP contribution is -2.34. The van der Waals surface area contributed by atoms with Gasteiger partial charge in [0.2, 0.25) is 11.8 Å². The zero-order chi connectivity index (χ0) is 32.5. The highest BCUT2D eigenvalue weighted by Gasteiger charge is 2.37. The average Bonchev–Trinajstić information content (AvgIpc) is 3.78. The van der Waals surface area contributed by atoms with Crippen molar-refractivity contribution in [3.8, 4) is 5.75 Å². The normalized spacial score (nSPS) is 17.7. The van der Waals surface area contributed by atoms with Crippen molar-refractivity contribution < 1.29 is 28.5 Å². The minimum absolute atomic E-state index is 0.0658. The van der Waals surface area contributed by atoms with E-state index >= 15 is 0 Å². The summed E-state index contributed by atoms with van der Waals surface area (Å²) in [5.41, 5.74) is 5.64. The monoisotopic (exact) mass is 633 g/mol. The van der Waals surface area contributed by atoms with Gasteiger partial charge in [-0.05, 0) is 37.4 Å². The third kappa shape index (κ3) is 8.34. The van der Waals surface area contributed by atoms with Crippen molar-refractivity contribution in [1.82, 2.24) is 19.7 Å². The van der Waals surface area contributed by atoms with Crippen LogP contribution in [-0.2, 0) is 43.8 Å². The van der Waals surface area contributed by atoms with Gasteiger partial charge in [-0.3, -0.25) is 14.5 Å². The first-order chi connectivity index (χ1) is 22.4. The Morgan fingerprint density at radius 2 is 1.80 bits per heavy atom. The Kier molecular flexibility index (Phi) is 11.8. The maximum absolute atomic E-state index is 12.8. The van der Waals surface area contributed by atoms with Gasteiger partial charge in [-0.25, -0.2) is 0 Å². The van der Waals surface area contributed by atoms with Gasteiger partial charge in [0.1, 0.15) is 12.4 Å². The summed E-state index contributed by atoms with van der Waals surface area (Å²) in [4.78, 5) is 28.8. The molecule has 0 aliphatic carbocycles. The van der Waals surface area contributed by atoms with Crippen molar-refractivity contribution in [2.75, 3.05) is 85.3 Å². The Morgan fingerprint density at radius 3 is 2.59 bits per heavy atom. The number of para-hydroxylation sites is 2. The molecule has 11 heteroatoms. The molecule has 46 heavy (non-hydrogen) atoms. The van der Waals surface area contributed by atoms with Crippen molar-refractivity contribution in [3.05, 3.63) is 71.9 Å². The number of likely N-dealkylation sites (N-methyl/N-ethyl adjacent to an activating group) is 1. The lowest BCUT2D eigenvalue weighted by molar-refractivity contribution is -0.121. The number of hydrogen-bond acceptors (Lipinski definition) is 8. The van der Waals surface area contributed by atoms with E-state index in [1.165, 1.54) is 22.8 Å². The summed E-state index contributed by atoms with van der Waals surface area (Å²) in [6.45, 7) is 9.15. The van der Waals surface area contributed by atoms with Gasteiger partial charge in [0.25, 0.3) is 0 Å². The fourth-order valence-electron chi connectivity index (χ4n) is 6.48. The molecule has 0 saturated carbocycles. The molecule has 1 aromatic heterocycles. The van der Waals surface area contributed by atoms with E-state index in [-0.39, 0.29) is 18.4 Å². The van der Waals surface area contributed by atoms with E-state index < -0.39 is 0 Å². The Bertz CT molecular complexity index is 1500. The molecule has 11 nitrogen and oxygen atoms in total. The van der Waals surface area contributed by atoms with E-state index in [2.05, 4.69) is 76.1 Å². The highest BCUT2D eigenvalue weighted by Crippen LogP contribution is 2.39. The van der Waals surface area contributed by atoms with Gasteiger partial charge in [-0.1, -0.05) is 36.9 Å². The van der Waals surface area contributed by atoms with Crippen LogP contribution in [0.2, 0.25) is 0 Å². The van der Waals surface area contributed by atoms with Gasteiger partial charge in [0, 0.05) is 68.8 Å². The molecule has 2 atom stereocenters. The molecule has 0 unspecified atom stereocenters. The van der Waals surface area contributed by atoms with Crippen LogP contribution in [0.15, 0.2) is 55.3 Å². The maximum atomic E-state index is 12.8. The van der Waals surface area contributed by atoms with Crippen LogP contribution >= 0.6 is 0 Å². The molecule has 1 saturated heterocycles. The number of ether oxygens (including phenoxy) is 4. The molecule has 0 radical (unpaired) electrons. The number of nitrogens with one attached hydrogen (secondary N) is 2. The Morgan fingerprint density at radius 1 is 1.04 bits per heavy atom. The molecule has 5 rings (SSSR count). The average molecular weight is 634 g/mol. The van der Waals surface area contributed by atoms with Gasteiger partial charge in [-0.2, -0.15) is 0 Å². The predicted octanol–water partition coefficient (Wildman–Crippen LogP) is 2.93. The van der Waals surface area contributed by atoms with Crippen LogP contribution in [0.25, 0.3) is 10.9 Å². The smallest absolute Gasteiger partial charge is 0.250 e. The third-order valence-electron chi connectivity index (χ3n) is 8.63. The minimum atomic E-state index is -0.224. The highest BCUT2D eigenvalue weighted by molar-refractivity contribution is 6.02. The molecule has 3 aromatic rings. The van der Waals surface area contributed by atoms with Crippen LogP contribution in [0.5, 0.6) is 5.75 Å². The molecular formula is C35H47N5O6. The van der Waals surface area contributed by atoms with Crippen LogP contribution in [0.3, 0.4) is 0 Å². The van der Waals surface area contributed by atoms with Crippen molar-refractivity contribution in [2.45, 2.75) is 24.9 Å². The van der Waals surface area contributed by atoms with Gasteiger partial charge < -0.3 is 39.0 Å². The SMILES string of the molecule is C=CC(=O)NCCOCCOCCOCC(=O)Nc1cccc2c([C@H]3CN(Cc4cccc5c4OCC5)C[C@@H]3N(C)C)cn(C)c12. The number of carbonyl (C=O) groups excluding carboxylic acids is 2. The topological polar surface area (TPSA) is 107 Å². The summed E-state index contributed by atoms with van der Waals surface area (Å²) in [5.74, 6) is 0.951. The second-order valence-corrected chi connectivity index (χ2v) is 12.1. The number of benzene rings is 2. The van der Waals surface area contributed by atoms with Gasteiger partial charge >= 0.3 is 0 Å². The lowest BCUT2D eigenvalue weighted by atomic mass is 9.93. The molecule has 3 heterocycles. The fraction of sp³-hybridized carbons (Fsp3) is 0.486. The molecule has 2 aromatic carbocycles. The van der Waals surface area contributed by atoms with E-state index in [4.69, 9.17) is 18.9 Å². The first-order valence-electron chi connectivity index (χ1n) is 16.0. The van der Waals surface area contributed by atoms with Crippen LogP contribution in [0.1, 0.15) is 22.6 Å². The van der Waals surface area contributed by atoms with Gasteiger partial charge in [0.15, 0.2) is 0 Å². The number of rotatable bonds is 17. The van der Waals surface area contributed by atoms with Crippen LogP contribution in [-0.4, -0.2) is 112 Å². The molecule has 0 bridgehead atoms. The lowest BCUT2D eigenvalue weighted by Gasteiger charge is -2.25. The summed E-state index contributed by atoms with van der Waals surface area (Å²) in [6, 6.07) is 13.0. The number of aromatic nitrogens is 1. The number of amides is 2. The summed E-state index contributed by atoms with van der Waals surface area (Å²) in [6.07, 6.45) is 4.43. The second-order valence-electron chi connectivity index (χ2n) is 12.1. The van der Waals surface area contributed by atoms with Gasteiger partial charge in [0.05, 0.1) is 50.8 Å². The number of hydrogen-bond donors (Lipinski definition) is 2. The van der Waals surface area contributed by atoms with Crippen molar-refractivity contribution in [3.63, 3.8) is 0 Å². The zero-order valence-corrected chi connectivity index (χ0v) is 27.3. The zero-order valence-electron chi connectivity index (χ0n) is 27.3. The van der Waals surface area contributed by atoms with E-state index in [1.807, 2.05) is 19.2 Å². The number of carbonyl (C=O) groups is 2. The number of nitrogens with zero attached hydrogens (tertiary/aromatic N) is 3. The third-order valence-corrected chi connectivity index (χ3v) is 8.63. The van der Waals surface area contributed by atoms with Crippen molar-refractivity contribution >= 4 is 28.4 Å². The Balaban J connectivity index is 1.13. The molecule has 2 aliphatic rings. The van der Waals surface area contributed by atoms with E-state index in [9.17, 15) is 9.59 Å². The molecule has 248 valence electrons. The maximum Gasteiger partial charge on any atom is 0.250 e. The quantitative estimate of drug-likeness (QED) is 0.173. The number of likely N-dealkylation sites (tertiary alicyclic amines) is 1. The highest BCUT2D eigenvalue weighted by atomic mass is 16.5. The predicted molar refractivity (Wildman–Crippen MR) is 178 cm³/mol. The van der Waals surface area contributed by atoms with Gasteiger partial charge in [-0.15, -0.1) is 0 Å². The van der Waals surface area contributed by atoms with E-state index in [0.717, 1.165) is 55.0 Å². The minimum Gasteiger partial charge on any atom is -0.493 e. The Hall–Kier alpha value is -3.74. The number of fused-ring (bicyclic) bond motifs is 2. The fourth-order valence-corrected chi connectivity index (χ4v) is 6.48. The first kappa shape index (κ1) is 33.6. The number of anilines is 1. The second kappa shape index (κ2) is 16.2. The summed E-state index contributed by atoms with van der Waals surface area (Å²) in [5, 5.41) is 6.85. The standard InChI is InChI=1S/C35H47N5O6/c1-5-32(41)36-13-15-43-16-17-44-18-19-45-24-33(42)37-30-11-7-10-27-28(21-39(4)34(27)30)29-22-40(23-31(29)38(2)3)20-26-9-6-8-25-12-14-46-35(25)26/h5-11,21,29,31H,1,12-20,22-24H2,2-4H3,(H,36,41)(H,37,42)/t29-,31+/m1/s1. The summed E-state index contributed by atoms with van der Waals surface area (Å²) < 4.78 is 24.5. The van der Waals surface area contributed by atoms with Crippen LogP contribution < -0.4 is 15.4 Å². The number of aryl methyl sites for hydroxylation is 1. The van der Waals surface area contributed by atoms with E-state index in [0.29, 0.717) is 51.5 Å². The molecular weight excluding hydrogens is 586 g/mol. The summed E-state index contributed by atoms with van der Waals surface area (Å²) >= 11 is 0. The molecule has 0 spiro atoms. The Labute approximate surface area is 271 Å². The molecule has 2 amide bonds. The van der Waals surface area contributed by atoms with Crippen molar-refractivity contribution in [2.24, 2.45) is 7.05 Å². The van der Waals surface area contributed by atoms with Crippen LogP contribution in [0.4, 0.5) is 5.69 Å². The molecule has 2 N–H and O–H groups in total. The molecule has 2 aliphatic heterocycles. The largest absolute Gasteiger partial charge is 0.493 e. The molecule has 1 fully saturated rings.